The molecule has 128 valence electrons. The van der Waals surface area contributed by atoms with Crippen LogP contribution in [0.2, 0.25) is 0 Å². The topological polar surface area (TPSA) is 62.8 Å². The maximum atomic E-state index is 12.0. The van der Waals surface area contributed by atoms with E-state index in [-0.39, 0.29) is 0 Å². The molecule has 0 radical (unpaired) electrons. The molecule has 0 saturated carbocycles. The number of nitrogens with zero attached hydrogens (tertiary/aromatic N) is 1. The van der Waals surface area contributed by atoms with Crippen LogP contribution in [0.25, 0.3) is 0 Å². The van der Waals surface area contributed by atoms with Gasteiger partial charge in [0.2, 0.25) is 0 Å². The van der Waals surface area contributed by atoms with Crippen molar-refractivity contribution in [2.75, 3.05) is 38.6 Å². The van der Waals surface area contributed by atoms with Crippen molar-refractivity contribution >= 4 is 11.8 Å². The van der Waals surface area contributed by atoms with Crippen LogP contribution in [-0.2, 0) is 11.3 Å². The summed E-state index contributed by atoms with van der Waals surface area (Å²) in [6.45, 7) is 10.3. The third-order valence-corrected chi connectivity index (χ3v) is 3.55. The molecule has 1 heterocycles. The Bertz CT molecular complexity index is 534. The molecule has 1 aromatic rings. The van der Waals surface area contributed by atoms with Gasteiger partial charge < -0.3 is 14.8 Å². The van der Waals surface area contributed by atoms with Crippen molar-refractivity contribution in [3.05, 3.63) is 23.8 Å². The summed E-state index contributed by atoms with van der Waals surface area (Å²) >= 11 is 0. The summed E-state index contributed by atoms with van der Waals surface area (Å²) in [5.41, 5.74) is 1.27. The number of anilines is 1. The van der Waals surface area contributed by atoms with E-state index in [1.807, 2.05) is 39.0 Å². The van der Waals surface area contributed by atoms with Crippen molar-refractivity contribution < 1.29 is 14.3 Å². The lowest BCUT2D eigenvalue weighted by Crippen LogP contribution is -2.43. The Hall–Kier alpha value is -1.79. The Morgan fingerprint density at radius 1 is 1.30 bits per heavy atom. The van der Waals surface area contributed by atoms with Crippen molar-refractivity contribution in [1.82, 2.24) is 10.2 Å². The second-order valence-corrected chi connectivity index (χ2v) is 6.68. The van der Waals surface area contributed by atoms with Gasteiger partial charge in [-0.25, -0.2) is 4.79 Å². The molecule has 1 aromatic carbocycles. The number of ether oxygens (including phenoxy) is 2. The van der Waals surface area contributed by atoms with Gasteiger partial charge in [0.1, 0.15) is 11.4 Å². The molecular weight excluding hydrogens is 294 g/mol. The zero-order valence-electron chi connectivity index (χ0n) is 14.4. The lowest BCUT2D eigenvalue weighted by atomic mass is 10.1. The molecule has 0 atom stereocenters. The van der Waals surface area contributed by atoms with Crippen LogP contribution in [0.1, 0.15) is 26.3 Å². The first-order chi connectivity index (χ1) is 10.9. The van der Waals surface area contributed by atoms with Crippen LogP contribution in [0, 0.1) is 0 Å². The van der Waals surface area contributed by atoms with Gasteiger partial charge in [-0.15, -0.1) is 0 Å². The summed E-state index contributed by atoms with van der Waals surface area (Å²) < 4.78 is 10.6. The van der Waals surface area contributed by atoms with Crippen LogP contribution in [0.15, 0.2) is 18.2 Å². The van der Waals surface area contributed by atoms with Gasteiger partial charge in [0.25, 0.3) is 0 Å². The number of hydrogen-bond donors (Lipinski definition) is 2. The van der Waals surface area contributed by atoms with Crippen LogP contribution >= 0.6 is 0 Å². The van der Waals surface area contributed by atoms with E-state index in [2.05, 4.69) is 15.5 Å². The second-order valence-electron chi connectivity index (χ2n) is 6.68. The van der Waals surface area contributed by atoms with Crippen LogP contribution in [0.4, 0.5) is 10.5 Å². The zero-order chi connectivity index (χ0) is 16.9. The first-order valence-electron chi connectivity index (χ1n) is 7.97. The fourth-order valence-corrected chi connectivity index (χ4v) is 2.47. The monoisotopic (exact) mass is 321 g/mol. The summed E-state index contributed by atoms with van der Waals surface area (Å²) in [6.07, 6.45) is -0.441. The molecule has 1 aliphatic heterocycles. The second kappa shape index (κ2) is 7.66. The number of piperazine rings is 1. The van der Waals surface area contributed by atoms with E-state index in [0.717, 1.165) is 49.7 Å². The van der Waals surface area contributed by atoms with E-state index in [9.17, 15) is 4.79 Å². The van der Waals surface area contributed by atoms with Crippen LogP contribution in [-0.4, -0.2) is 49.9 Å². The normalized spacial score (nSPS) is 16.0. The van der Waals surface area contributed by atoms with Gasteiger partial charge in [0.05, 0.1) is 7.11 Å². The van der Waals surface area contributed by atoms with Gasteiger partial charge in [-0.3, -0.25) is 10.2 Å². The summed E-state index contributed by atoms with van der Waals surface area (Å²) in [6, 6.07) is 5.67. The van der Waals surface area contributed by atoms with Gasteiger partial charge in [-0.05, 0) is 44.5 Å². The summed E-state index contributed by atoms with van der Waals surface area (Å²) in [7, 11) is 1.64. The summed E-state index contributed by atoms with van der Waals surface area (Å²) in [5, 5.41) is 6.19. The molecule has 1 aliphatic rings. The number of rotatable bonds is 4. The predicted molar refractivity (Wildman–Crippen MR) is 91.0 cm³/mol. The fraction of sp³-hybridized carbons (Fsp3) is 0.588. The van der Waals surface area contributed by atoms with Crippen molar-refractivity contribution in [3.63, 3.8) is 0 Å². The summed E-state index contributed by atoms with van der Waals surface area (Å²) in [4.78, 5) is 14.4. The van der Waals surface area contributed by atoms with E-state index in [1.165, 1.54) is 0 Å². The molecule has 0 unspecified atom stereocenters. The number of carbonyl (C=O) groups is 1. The van der Waals surface area contributed by atoms with Gasteiger partial charge in [-0.2, -0.15) is 0 Å². The Morgan fingerprint density at radius 3 is 2.61 bits per heavy atom. The number of hydrogen-bond acceptors (Lipinski definition) is 5. The van der Waals surface area contributed by atoms with E-state index in [4.69, 9.17) is 9.47 Å². The minimum absolute atomic E-state index is 0.441. The highest BCUT2D eigenvalue weighted by Crippen LogP contribution is 2.24. The molecule has 2 rings (SSSR count). The highest BCUT2D eigenvalue weighted by Gasteiger charge is 2.18. The Labute approximate surface area is 138 Å². The Kier molecular flexibility index (Phi) is 5.85. The highest BCUT2D eigenvalue weighted by molar-refractivity contribution is 5.86. The van der Waals surface area contributed by atoms with E-state index in [0.29, 0.717) is 0 Å². The van der Waals surface area contributed by atoms with Crippen LogP contribution in [0.5, 0.6) is 5.75 Å². The molecule has 6 nitrogen and oxygen atoms in total. The molecule has 6 heteroatoms. The quantitative estimate of drug-likeness (QED) is 0.892. The van der Waals surface area contributed by atoms with Crippen molar-refractivity contribution in [1.29, 1.82) is 0 Å². The maximum Gasteiger partial charge on any atom is 0.412 e. The van der Waals surface area contributed by atoms with E-state index < -0.39 is 11.7 Å². The summed E-state index contributed by atoms with van der Waals surface area (Å²) in [5.74, 6) is 0.782. The molecule has 0 spiro atoms. The van der Waals surface area contributed by atoms with E-state index in [1.54, 1.807) is 7.11 Å². The first-order valence-corrected chi connectivity index (χ1v) is 7.97. The smallest absolute Gasteiger partial charge is 0.412 e. The average Bonchev–Trinajstić information content (AvgIpc) is 2.48. The molecular formula is C17H27N3O3. The zero-order valence-corrected chi connectivity index (χ0v) is 14.4. The molecule has 0 aromatic heterocycles. The average molecular weight is 321 g/mol. The van der Waals surface area contributed by atoms with E-state index >= 15 is 0 Å². The Balaban J connectivity index is 2.12. The molecule has 1 saturated heterocycles. The lowest BCUT2D eigenvalue weighted by molar-refractivity contribution is 0.0635. The van der Waals surface area contributed by atoms with Crippen molar-refractivity contribution in [2.24, 2.45) is 0 Å². The molecule has 0 aliphatic carbocycles. The molecule has 1 amide bonds. The van der Waals surface area contributed by atoms with Crippen molar-refractivity contribution in [2.45, 2.75) is 32.9 Å². The van der Waals surface area contributed by atoms with Crippen LogP contribution < -0.4 is 15.4 Å². The van der Waals surface area contributed by atoms with Gasteiger partial charge in [0, 0.05) is 38.4 Å². The molecule has 0 bridgehead atoms. The molecule has 23 heavy (non-hydrogen) atoms. The first kappa shape index (κ1) is 17.6. The van der Waals surface area contributed by atoms with Gasteiger partial charge in [-0.1, -0.05) is 0 Å². The number of benzene rings is 1. The maximum absolute atomic E-state index is 12.0. The number of carbonyl (C=O) groups excluding carboxylic acids is 1. The van der Waals surface area contributed by atoms with Crippen LogP contribution in [0.3, 0.4) is 0 Å². The standard InChI is InChI=1S/C17H27N3O3/c1-17(2,3)23-16(21)19-15-6-5-14(22-4)11-13(15)12-20-9-7-18-8-10-20/h5-6,11,18H,7-10,12H2,1-4H3,(H,19,21). The number of nitrogens with one attached hydrogen (secondary N) is 2. The highest BCUT2D eigenvalue weighted by atomic mass is 16.6. The minimum Gasteiger partial charge on any atom is -0.497 e. The van der Waals surface area contributed by atoms with Gasteiger partial charge in [0.15, 0.2) is 0 Å². The predicted octanol–water partition coefficient (Wildman–Crippen LogP) is 2.45. The Morgan fingerprint density at radius 2 is 2.00 bits per heavy atom. The van der Waals surface area contributed by atoms with Crippen molar-refractivity contribution in [3.8, 4) is 5.75 Å². The molecule has 2 N–H and O–H groups in total. The minimum atomic E-state index is -0.519. The largest absolute Gasteiger partial charge is 0.497 e. The SMILES string of the molecule is COc1ccc(NC(=O)OC(C)(C)C)c(CN2CCNCC2)c1. The van der Waals surface area contributed by atoms with Gasteiger partial charge >= 0.3 is 6.09 Å². The molecule has 1 fully saturated rings. The fourth-order valence-electron chi connectivity index (χ4n) is 2.47. The third kappa shape index (κ3) is 5.73. The third-order valence-electron chi connectivity index (χ3n) is 3.55. The number of amides is 1. The number of methoxy groups -OCH3 is 1. The lowest BCUT2D eigenvalue weighted by Gasteiger charge is -2.28.